The summed E-state index contributed by atoms with van der Waals surface area (Å²) < 4.78 is 32.7. The number of nitrogens with zero attached hydrogens (tertiary/aromatic N) is 1. The van der Waals surface area contributed by atoms with E-state index in [0.717, 1.165) is 0 Å². The number of pyridine rings is 1. The Balaban J connectivity index is 2.51. The van der Waals surface area contributed by atoms with Gasteiger partial charge in [-0.25, -0.2) is 8.42 Å². The maximum Gasteiger partial charge on any atom is 0.263 e. The van der Waals surface area contributed by atoms with Crippen LogP contribution < -0.4 is 9.46 Å². The average Bonchev–Trinajstić information content (AvgIpc) is 2.46. The summed E-state index contributed by atoms with van der Waals surface area (Å²) in [5.41, 5.74) is 1.36. The first kappa shape index (κ1) is 18.1. The van der Waals surface area contributed by atoms with Crippen molar-refractivity contribution in [2.24, 2.45) is 0 Å². The highest BCUT2D eigenvalue weighted by Gasteiger charge is 2.22. The molecule has 124 valence electrons. The molecule has 0 aliphatic heterocycles. The van der Waals surface area contributed by atoms with E-state index in [1.807, 2.05) is 0 Å². The molecule has 9 heteroatoms. The highest BCUT2D eigenvalue weighted by atomic mass is 35.5. The molecule has 0 bridgehead atoms. The van der Waals surface area contributed by atoms with Crippen LogP contribution >= 0.6 is 34.8 Å². The third-order valence-electron chi connectivity index (χ3n) is 3.06. The predicted octanol–water partition coefficient (Wildman–Crippen LogP) is 4.47. The number of aryl methyl sites for hydroxylation is 2. The molecule has 1 heterocycles. The van der Waals surface area contributed by atoms with Crippen LogP contribution in [0, 0.1) is 13.8 Å². The first-order valence-corrected chi connectivity index (χ1v) is 8.97. The fourth-order valence-corrected chi connectivity index (χ4v) is 3.85. The predicted molar refractivity (Wildman–Crippen MR) is 92.5 cm³/mol. The fourth-order valence-electron chi connectivity index (χ4n) is 1.84. The van der Waals surface area contributed by atoms with E-state index in [2.05, 4.69) is 9.71 Å². The average molecular weight is 396 g/mol. The molecular formula is C14H13Cl3N2O3S. The van der Waals surface area contributed by atoms with Gasteiger partial charge in [0.25, 0.3) is 10.0 Å². The van der Waals surface area contributed by atoms with E-state index in [1.165, 1.54) is 25.3 Å². The maximum absolute atomic E-state index is 12.6. The van der Waals surface area contributed by atoms with Crippen LogP contribution in [0.3, 0.4) is 0 Å². The Bertz CT molecular complexity index is 870. The molecule has 0 aliphatic rings. The van der Waals surface area contributed by atoms with Gasteiger partial charge >= 0.3 is 0 Å². The molecule has 1 aromatic heterocycles. The van der Waals surface area contributed by atoms with Gasteiger partial charge in [-0.2, -0.15) is 4.98 Å². The first-order chi connectivity index (χ1) is 10.7. The monoisotopic (exact) mass is 394 g/mol. The van der Waals surface area contributed by atoms with E-state index in [9.17, 15) is 8.42 Å². The molecule has 0 fully saturated rings. The molecule has 5 nitrogen and oxygen atoms in total. The minimum Gasteiger partial charge on any atom is -0.479 e. The molecule has 0 saturated carbocycles. The second-order valence-corrected chi connectivity index (χ2v) is 7.61. The number of sulfonamides is 1. The van der Waals surface area contributed by atoms with Crippen molar-refractivity contribution in [3.63, 3.8) is 0 Å². The minimum absolute atomic E-state index is 0.0192. The number of methoxy groups -OCH3 is 1. The SMILES string of the molecule is COc1nc(Cl)c(C)cc1NS(=O)(=O)c1cc(C)c(Cl)cc1Cl. The summed E-state index contributed by atoms with van der Waals surface area (Å²) in [5.74, 6) is 0.0611. The summed E-state index contributed by atoms with van der Waals surface area (Å²) in [7, 11) is -2.58. The molecule has 0 saturated heterocycles. The number of nitrogens with one attached hydrogen (secondary N) is 1. The number of aromatic nitrogens is 1. The zero-order valence-corrected chi connectivity index (χ0v) is 15.5. The highest BCUT2D eigenvalue weighted by molar-refractivity contribution is 7.92. The van der Waals surface area contributed by atoms with Crippen LogP contribution in [0.25, 0.3) is 0 Å². The summed E-state index contributed by atoms with van der Waals surface area (Å²) in [6.07, 6.45) is 0. The molecule has 1 N–H and O–H groups in total. The molecule has 2 rings (SSSR count). The molecular weight excluding hydrogens is 383 g/mol. The lowest BCUT2D eigenvalue weighted by Gasteiger charge is -2.14. The Morgan fingerprint density at radius 3 is 2.30 bits per heavy atom. The van der Waals surface area contributed by atoms with E-state index >= 15 is 0 Å². The van der Waals surface area contributed by atoms with Gasteiger partial charge in [0.15, 0.2) is 0 Å². The van der Waals surface area contributed by atoms with Crippen LogP contribution in [0.1, 0.15) is 11.1 Å². The van der Waals surface area contributed by atoms with Crippen molar-refractivity contribution in [2.45, 2.75) is 18.7 Å². The van der Waals surface area contributed by atoms with Crippen molar-refractivity contribution >= 4 is 50.5 Å². The molecule has 0 radical (unpaired) electrons. The Morgan fingerprint density at radius 1 is 1.04 bits per heavy atom. The second kappa shape index (κ2) is 6.73. The fraction of sp³-hybridized carbons (Fsp3) is 0.214. The number of hydrogen-bond acceptors (Lipinski definition) is 4. The summed E-state index contributed by atoms with van der Waals surface area (Å²) >= 11 is 17.9. The van der Waals surface area contributed by atoms with Crippen LogP contribution in [0.15, 0.2) is 23.1 Å². The quantitative estimate of drug-likeness (QED) is 0.776. The van der Waals surface area contributed by atoms with Crippen LogP contribution in [0.4, 0.5) is 5.69 Å². The molecule has 0 atom stereocenters. The highest BCUT2D eigenvalue weighted by Crippen LogP contribution is 2.32. The number of rotatable bonds is 4. The van der Waals surface area contributed by atoms with E-state index in [4.69, 9.17) is 39.5 Å². The molecule has 0 spiro atoms. The van der Waals surface area contributed by atoms with Crippen LogP contribution in [-0.2, 0) is 10.0 Å². The van der Waals surface area contributed by atoms with Gasteiger partial charge in [0, 0.05) is 5.02 Å². The largest absolute Gasteiger partial charge is 0.479 e. The van der Waals surface area contributed by atoms with Gasteiger partial charge in [-0.3, -0.25) is 4.72 Å². The molecule has 0 aliphatic carbocycles. The van der Waals surface area contributed by atoms with Crippen molar-refractivity contribution in [3.05, 3.63) is 44.5 Å². The van der Waals surface area contributed by atoms with E-state index in [1.54, 1.807) is 13.8 Å². The van der Waals surface area contributed by atoms with Crippen molar-refractivity contribution in [1.82, 2.24) is 4.98 Å². The van der Waals surface area contributed by atoms with E-state index in [-0.39, 0.29) is 26.6 Å². The molecule has 0 amide bonds. The minimum atomic E-state index is -3.95. The molecule has 0 unspecified atom stereocenters. The summed E-state index contributed by atoms with van der Waals surface area (Å²) in [6.45, 7) is 3.39. The third kappa shape index (κ3) is 3.83. The van der Waals surface area contributed by atoms with Gasteiger partial charge in [-0.15, -0.1) is 0 Å². The summed E-state index contributed by atoms with van der Waals surface area (Å²) in [4.78, 5) is 3.90. The van der Waals surface area contributed by atoms with Crippen molar-refractivity contribution in [3.8, 4) is 5.88 Å². The number of halogens is 3. The van der Waals surface area contributed by atoms with E-state index < -0.39 is 10.0 Å². The van der Waals surface area contributed by atoms with Crippen molar-refractivity contribution in [2.75, 3.05) is 11.8 Å². The zero-order chi connectivity index (χ0) is 17.4. The number of benzene rings is 1. The lowest BCUT2D eigenvalue weighted by atomic mass is 10.2. The van der Waals surface area contributed by atoms with Crippen LogP contribution in [0.5, 0.6) is 5.88 Å². The maximum atomic E-state index is 12.6. The second-order valence-electron chi connectivity index (χ2n) is 4.79. The molecule has 2 aromatic rings. The Kier molecular flexibility index (Phi) is 5.30. The van der Waals surface area contributed by atoms with E-state index in [0.29, 0.717) is 16.1 Å². The summed E-state index contributed by atoms with van der Waals surface area (Å²) in [5, 5.41) is 0.631. The standard InChI is InChI=1S/C14H13Cl3N2O3S/c1-7-5-12(10(16)6-9(7)15)23(20,21)19-11-4-8(2)13(17)18-14(11)22-3/h4-6,19H,1-3H3. The zero-order valence-electron chi connectivity index (χ0n) is 12.4. The number of anilines is 1. The van der Waals surface area contributed by atoms with Gasteiger partial charge in [-0.05, 0) is 43.2 Å². The molecule has 1 aromatic carbocycles. The van der Waals surface area contributed by atoms with Crippen LogP contribution in [0.2, 0.25) is 15.2 Å². The van der Waals surface area contributed by atoms with Crippen LogP contribution in [-0.4, -0.2) is 20.5 Å². The third-order valence-corrected chi connectivity index (χ3v) is 5.68. The summed E-state index contributed by atoms with van der Waals surface area (Å²) in [6, 6.07) is 4.31. The first-order valence-electron chi connectivity index (χ1n) is 6.35. The Labute approximate surface area is 149 Å². The lowest BCUT2D eigenvalue weighted by molar-refractivity contribution is 0.400. The van der Waals surface area contributed by atoms with Crippen molar-refractivity contribution < 1.29 is 13.2 Å². The number of ether oxygens (including phenoxy) is 1. The van der Waals surface area contributed by atoms with Gasteiger partial charge in [-0.1, -0.05) is 34.8 Å². The number of hydrogen-bond donors (Lipinski definition) is 1. The van der Waals surface area contributed by atoms with Gasteiger partial charge < -0.3 is 4.74 Å². The van der Waals surface area contributed by atoms with Crippen molar-refractivity contribution in [1.29, 1.82) is 0 Å². The normalized spacial score (nSPS) is 11.4. The molecule has 23 heavy (non-hydrogen) atoms. The Morgan fingerprint density at radius 2 is 1.70 bits per heavy atom. The topological polar surface area (TPSA) is 68.3 Å². The van der Waals surface area contributed by atoms with Gasteiger partial charge in [0.2, 0.25) is 5.88 Å². The smallest absolute Gasteiger partial charge is 0.263 e. The Hall–Kier alpha value is -1.21. The van der Waals surface area contributed by atoms with Gasteiger partial charge in [0.05, 0.1) is 12.1 Å². The lowest BCUT2D eigenvalue weighted by Crippen LogP contribution is -2.15. The van der Waals surface area contributed by atoms with Gasteiger partial charge in [0.1, 0.15) is 15.7 Å².